The summed E-state index contributed by atoms with van der Waals surface area (Å²) in [5.74, 6) is 0. The van der Waals surface area contributed by atoms with E-state index < -0.39 is 12.1 Å². The van der Waals surface area contributed by atoms with Crippen molar-refractivity contribution in [2.75, 3.05) is 0 Å². The van der Waals surface area contributed by atoms with Crippen LogP contribution in [0.2, 0.25) is 0 Å². The summed E-state index contributed by atoms with van der Waals surface area (Å²) in [7, 11) is 0. The van der Waals surface area contributed by atoms with E-state index in [4.69, 9.17) is 0 Å². The van der Waals surface area contributed by atoms with E-state index in [0.717, 1.165) is 0 Å². The Balaban J connectivity index is 3.72. The molecule has 5 heteroatoms. The quantitative estimate of drug-likeness (QED) is 0.497. The summed E-state index contributed by atoms with van der Waals surface area (Å²) in [4.78, 5) is 0. The Labute approximate surface area is 42.5 Å². The van der Waals surface area contributed by atoms with E-state index in [2.05, 4.69) is 16.2 Å². The summed E-state index contributed by atoms with van der Waals surface area (Å²) in [5.41, 5.74) is 0. The number of rotatable bonds is 1. The molecule has 0 heterocycles. The zero-order valence-electron chi connectivity index (χ0n) is 2.92. The molecule has 0 bridgehead atoms. The van der Waals surface area contributed by atoms with E-state index in [1.807, 2.05) is 0 Å². The average molecular weight is 132 g/mol. The summed E-state index contributed by atoms with van der Waals surface area (Å²) in [6.45, 7) is 0. The number of halogens is 4. The Morgan fingerprint density at radius 3 is 1.71 bits per heavy atom. The second-order valence-electron chi connectivity index (χ2n) is 0.611. The van der Waals surface area contributed by atoms with Crippen molar-refractivity contribution in [1.82, 2.24) is 0 Å². The maximum Gasteiger partial charge on any atom is 0.357 e. The van der Waals surface area contributed by atoms with E-state index in [-0.39, 0.29) is 0 Å². The lowest BCUT2D eigenvalue weighted by Crippen LogP contribution is -1.70. The van der Waals surface area contributed by atoms with Crippen LogP contribution in [0, 0.1) is 0 Å². The minimum Gasteiger partial charge on any atom is -0.348 e. The average Bonchev–Trinajstić information content (AvgIpc) is 1.65. The Morgan fingerprint density at radius 1 is 1.29 bits per heavy atom. The fraction of sp³-hybridized carbons (Fsp3) is 0. The highest BCUT2D eigenvalue weighted by Crippen LogP contribution is 2.10. The third kappa shape index (κ3) is 2.33. The summed E-state index contributed by atoms with van der Waals surface area (Å²) in [6, 6.07) is -2.05. The molecule has 0 fully saturated rings. The van der Waals surface area contributed by atoms with E-state index in [0.29, 0.717) is 0 Å². The Hall–Kier alpha value is -0.380. The van der Waals surface area contributed by atoms with E-state index >= 15 is 0 Å². The molecular formula is C2ClF3O. The van der Waals surface area contributed by atoms with Gasteiger partial charge in [0.2, 0.25) is 0 Å². The van der Waals surface area contributed by atoms with Crippen molar-refractivity contribution >= 4 is 11.9 Å². The van der Waals surface area contributed by atoms with Crippen molar-refractivity contribution in [3.8, 4) is 0 Å². The second-order valence-corrected chi connectivity index (χ2v) is 0.766. The lowest BCUT2D eigenvalue weighted by Gasteiger charge is -1.82. The summed E-state index contributed by atoms with van der Waals surface area (Å²) in [5, 5.41) is 0. The van der Waals surface area contributed by atoms with Gasteiger partial charge in [-0.1, -0.05) is 0 Å². The minimum atomic E-state index is -2.56. The first-order chi connectivity index (χ1) is 3.18. The highest BCUT2D eigenvalue weighted by Gasteiger charge is 2.02. The molecule has 0 saturated heterocycles. The van der Waals surface area contributed by atoms with Crippen molar-refractivity contribution in [2.45, 2.75) is 0 Å². The standard InChI is InChI=1S/C2ClF3O/c3-7-2(6)1(4)5. The molecule has 0 aromatic heterocycles. The molecule has 0 saturated carbocycles. The molecule has 0 aromatic carbocycles. The van der Waals surface area contributed by atoms with E-state index in [1.165, 1.54) is 0 Å². The molecule has 0 spiro atoms. The topological polar surface area (TPSA) is 9.23 Å². The first-order valence-electron chi connectivity index (χ1n) is 1.18. The maximum atomic E-state index is 11.0. The van der Waals surface area contributed by atoms with Crippen molar-refractivity contribution < 1.29 is 17.5 Å². The fourth-order valence-electron chi connectivity index (χ4n) is 0.0292. The predicted molar refractivity (Wildman–Crippen MR) is 17.3 cm³/mol. The van der Waals surface area contributed by atoms with Gasteiger partial charge in [0, 0.05) is 0 Å². The van der Waals surface area contributed by atoms with Crippen LogP contribution in [-0.2, 0) is 4.29 Å². The number of hydrogen-bond acceptors (Lipinski definition) is 1. The largest absolute Gasteiger partial charge is 0.357 e. The van der Waals surface area contributed by atoms with Gasteiger partial charge in [-0.3, -0.25) is 0 Å². The monoisotopic (exact) mass is 132 g/mol. The summed E-state index contributed by atoms with van der Waals surface area (Å²) >= 11 is 4.13. The third-order valence-electron chi connectivity index (χ3n) is 0.216. The molecule has 0 aliphatic carbocycles. The third-order valence-corrected chi connectivity index (χ3v) is 0.352. The molecule has 0 aromatic rings. The molecule has 7 heavy (non-hydrogen) atoms. The second kappa shape index (κ2) is 2.74. The molecule has 0 radical (unpaired) electrons. The molecule has 0 aliphatic heterocycles. The minimum absolute atomic E-state index is 2.05. The summed E-state index contributed by atoms with van der Waals surface area (Å²) in [6.07, 6.45) is -2.56. The van der Waals surface area contributed by atoms with Gasteiger partial charge in [0.1, 0.15) is 11.9 Å². The first-order valence-corrected chi connectivity index (χ1v) is 1.48. The molecule has 42 valence electrons. The van der Waals surface area contributed by atoms with Crippen LogP contribution < -0.4 is 0 Å². The zero-order chi connectivity index (χ0) is 5.86. The van der Waals surface area contributed by atoms with Crippen LogP contribution in [0.5, 0.6) is 0 Å². The van der Waals surface area contributed by atoms with Gasteiger partial charge in [-0.25, -0.2) is 0 Å². The van der Waals surface area contributed by atoms with Gasteiger partial charge >= 0.3 is 12.1 Å². The molecule has 0 aliphatic rings. The maximum absolute atomic E-state index is 11.0. The number of hydrogen-bond donors (Lipinski definition) is 0. The van der Waals surface area contributed by atoms with Crippen molar-refractivity contribution in [2.24, 2.45) is 0 Å². The molecule has 0 amide bonds. The van der Waals surface area contributed by atoms with E-state index in [1.54, 1.807) is 0 Å². The molecule has 0 N–H and O–H groups in total. The van der Waals surface area contributed by atoms with E-state index in [9.17, 15) is 13.2 Å². The zero-order valence-corrected chi connectivity index (χ0v) is 3.68. The van der Waals surface area contributed by atoms with Crippen LogP contribution in [0.3, 0.4) is 0 Å². The van der Waals surface area contributed by atoms with Gasteiger partial charge in [-0.15, -0.1) is 0 Å². The van der Waals surface area contributed by atoms with Crippen molar-refractivity contribution in [3.05, 3.63) is 12.1 Å². The molecular weight excluding hydrogens is 132 g/mol. The Bertz CT molecular complexity index is 86.9. The highest BCUT2D eigenvalue weighted by molar-refractivity contribution is 6.07. The van der Waals surface area contributed by atoms with Crippen LogP contribution in [0.25, 0.3) is 0 Å². The normalized spacial score (nSPS) is 8.00. The first kappa shape index (κ1) is 6.62. The van der Waals surface area contributed by atoms with Crippen LogP contribution >= 0.6 is 11.9 Å². The van der Waals surface area contributed by atoms with Crippen LogP contribution in [0.15, 0.2) is 12.1 Å². The van der Waals surface area contributed by atoms with Gasteiger partial charge in [0.25, 0.3) is 0 Å². The van der Waals surface area contributed by atoms with Crippen molar-refractivity contribution in [3.63, 3.8) is 0 Å². The van der Waals surface area contributed by atoms with Crippen molar-refractivity contribution in [1.29, 1.82) is 0 Å². The SMILES string of the molecule is FC(F)=C(F)OCl. The van der Waals surface area contributed by atoms with Gasteiger partial charge in [-0.05, 0) is 0 Å². The lowest BCUT2D eigenvalue weighted by molar-refractivity contribution is 0.256. The van der Waals surface area contributed by atoms with Gasteiger partial charge in [0.15, 0.2) is 0 Å². The molecule has 1 nitrogen and oxygen atoms in total. The predicted octanol–water partition coefficient (Wildman–Crippen LogP) is 2.19. The van der Waals surface area contributed by atoms with Gasteiger partial charge < -0.3 is 4.29 Å². The Kier molecular flexibility index (Phi) is 2.59. The smallest absolute Gasteiger partial charge is 0.348 e. The molecule has 0 atom stereocenters. The van der Waals surface area contributed by atoms with Crippen LogP contribution in [0.1, 0.15) is 0 Å². The van der Waals surface area contributed by atoms with Gasteiger partial charge in [-0.2, -0.15) is 13.2 Å². The lowest BCUT2D eigenvalue weighted by atomic mass is 11.0. The fourth-order valence-corrected chi connectivity index (χ4v) is 0.0875. The molecule has 0 rings (SSSR count). The summed E-state index contributed by atoms with van der Waals surface area (Å²) < 4.78 is 35.4. The van der Waals surface area contributed by atoms with Crippen LogP contribution in [-0.4, -0.2) is 0 Å². The van der Waals surface area contributed by atoms with Gasteiger partial charge in [0.05, 0.1) is 0 Å². The highest BCUT2D eigenvalue weighted by atomic mass is 35.5. The molecule has 0 unspecified atom stereocenters. The Morgan fingerprint density at radius 2 is 1.71 bits per heavy atom. The van der Waals surface area contributed by atoms with Crippen LogP contribution in [0.4, 0.5) is 13.2 Å².